The van der Waals surface area contributed by atoms with Crippen molar-refractivity contribution in [3.8, 4) is 11.5 Å². The van der Waals surface area contributed by atoms with Crippen molar-refractivity contribution in [2.75, 3.05) is 13.1 Å². The average Bonchev–Trinajstić information content (AvgIpc) is 3.25. The van der Waals surface area contributed by atoms with Crippen LogP contribution in [-0.2, 0) is 13.6 Å². The first-order valence-electron chi connectivity index (χ1n) is 8.38. The lowest BCUT2D eigenvalue weighted by Gasteiger charge is -2.30. The highest BCUT2D eigenvalue weighted by molar-refractivity contribution is 5.47. The predicted molar refractivity (Wildman–Crippen MR) is 90.2 cm³/mol. The second-order valence-corrected chi connectivity index (χ2v) is 6.36. The number of aromatic nitrogens is 4. The molecule has 1 aliphatic rings. The third-order valence-electron chi connectivity index (χ3n) is 4.60. The highest BCUT2D eigenvalue weighted by Gasteiger charge is 2.26. The van der Waals surface area contributed by atoms with Crippen molar-refractivity contribution in [2.45, 2.75) is 25.3 Å². The smallest absolute Gasteiger partial charge is 0.231 e. The molecule has 1 aromatic carbocycles. The summed E-state index contributed by atoms with van der Waals surface area (Å²) >= 11 is 0. The number of benzene rings is 1. The number of rotatable bonds is 4. The Morgan fingerprint density at radius 1 is 1.21 bits per heavy atom. The summed E-state index contributed by atoms with van der Waals surface area (Å²) in [5.74, 6) is 1.66. The number of hydrogen-bond acceptors (Lipinski definition) is 5. The van der Waals surface area contributed by atoms with Crippen LogP contribution in [0.2, 0.25) is 0 Å². The maximum atomic E-state index is 5.55. The zero-order chi connectivity index (χ0) is 16.4. The molecule has 0 saturated carbocycles. The molecule has 124 valence electrons. The van der Waals surface area contributed by atoms with E-state index in [1.165, 1.54) is 5.56 Å². The fraction of sp³-hybridized carbons (Fsp3) is 0.389. The van der Waals surface area contributed by atoms with Crippen LogP contribution in [0.5, 0.6) is 0 Å². The first-order valence-corrected chi connectivity index (χ1v) is 8.38. The summed E-state index contributed by atoms with van der Waals surface area (Å²) in [4.78, 5) is 7.08. The second kappa shape index (κ2) is 6.57. The molecule has 1 aliphatic heterocycles. The van der Waals surface area contributed by atoms with Crippen molar-refractivity contribution in [3.05, 3.63) is 54.0 Å². The van der Waals surface area contributed by atoms with Crippen molar-refractivity contribution >= 4 is 0 Å². The van der Waals surface area contributed by atoms with Gasteiger partial charge in [-0.1, -0.05) is 35.5 Å². The molecule has 1 atom stereocenters. The molecule has 6 heteroatoms. The van der Waals surface area contributed by atoms with Gasteiger partial charge in [-0.2, -0.15) is 10.1 Å². The first kappa shape index (κ1) is 15.1. The van der Waals surface area contributed by atoms with E-state index in [0.717, 1.165) is 44.1 Å². The molecule has 1 saturated heterocycles. The summed E-state index contributed by atoms with van der Waals surface area (Å²) < 4.78 is 7.31. The number of likely N-dealkylation sites (tertiary alicyclic amines) is 1. The van der Waals surface area contributed by atoms with E-state index in [9.17, 15) is 0 Å². The lowest BCUT2D eigenvalue weighted by molar-refractivity contribution is 0.180. The fourth-order valence-corrected chi connectivity index (χ4v) is 3.34. The number of hydrogen-bond donors (Lipinski definition) is 0. The van der Waals surface area contributed by atoms with E-state index in [4.69, 9.17) is 4.52 Å². The Balaban J connectivity index is 1.46. The molecule has 2 aromatic heterocycles. The minimum absolute atomic E-state index is 0.303. The molecule has 0 unspecified atom stereocenters. The average molecular weight is 323 g/mol. The molecule has 3 heterocycles. The molecule has 0 aliphatic carbocycles. The van der Waals surface area contributed by atoms with Crippen LogP contribution in [0.25, 0.3) is 11.5 Å². The molecule has 0 bridgehead atoms. The summed E-state index contributed by atoms with van der Waals surface area (Å²) in [5, 5.41) is 8.30. The quantitative estimate of drug-likeness (QED) is 0.739. The maximum Gasteiger partial charge on any atom is 0.231 e. The van der Waals surface area contributed by atoms with Crippen LogP contribution in [-0.4, -0.2) is 37.9 Å². The van der Waals surface area contributed by atoms with Gasteiger partial charge in [0.2, 0.25) is 11.7 Å². The SMILES string of the molecule is Cn1nccc1-c1noc([C@H]2CCCN(Cc3ccccc3)C2)n1. The van der Waals surface area contributed by atoms with Crippen molar-refractivity contribution in [1.82, 2.24) is 24.8 Å². The Labute approximate surface area is 141 Å². The highest BCUT2D eigenvalue weighted by Crippen LogP contribution is 2.28. The van der Waals surface area contributed by atoms with Gasteiger partial charge in [-0.15, -0.1) is 0 Å². The van der Waals surface area contributed by atoms with E-state index in [1.54, 1.807) is 10.9 Å². The number of nitrogens with zero attached hydrogens (tertiary/aromatic N) is 5. The third-order valence-corrected chi connectivity index (χ3v) is 4.60. The second-order valence-electron chi connectivity index (χ2n) is 6.36. The van der Waals surface area contributed by atoms with Crippen molar-refractivity contribution in [2.24, 2.45) is 7.05 Å². The fourth-order valence-electron chi connectivity index (χ4n) is 3.34. The van der Waals surface area contributed by atoms with Crippen LogP contribution in [0, 0.1) is 0 Å². The van der Waals surface area contributed by atoms with E-state index >= 15 is 0 Å². The van der Waals surface area contributed by atoms with Crippen LogP contribution in [0.1, 0.15) is 30.2 Å². The largest absolute Gasteiger partial charge is 0.339 e. The van der Waals surface area contributed by atoms with Gasteiger partial charge in [0.05, 0.1) is 5.92 Å². The summed E-state index contributed by atoms with van der Waals surface area (Å²) in [5.41, 5.74) is 2.22. The highest BCUT2D eigenvalue weighted by atomic mass is 16.5. The van der Waals surface area contributed by atoms with Gasteiger partial charge in [0.1, 0.15) is 5.69 Å². The molecule has 4 rings (SSSR count). The van der Waals surface area contributed by atoms with Gasteiger partial charge in [0.15, 0.2) is 0 Å². The van der Waals surface area contributed by atoms with Crippen LogP contribution in [0.3, 0.4) is 0 Å². The molecule has 1 fully saturated rings. The molecular weight excluding hydrogens is 302 g/mol. The van der Waals surface area contributed by atoms with Crippen LogP contribution in [0.15, 0.2) is 47.1 Å². The van der Waals surface area contributed by atoms with Gasteiger partial charge in [0, 0.05) is 26.3 Å². The van der Waals surface area contributed by atoms with Gasteiger partial charge in [-0.25, -0.2) is 0 Å². The molecule has 0 radical (unpaired) electrons. The van der Waals surface area contributed by atoms with Gasteiger partial charge in [-0.3, -0.25) is 9.58 Å². The van der Waals surface area contributed by atoms with Gasteiger partial charge in [0.25, 0.3) is 0 Å². The Morgan fingerprint density at radius 3 is 2.88 bits per heavy atom. The van der Waals surface area contributed by atoms with Gasteiger partial charge in [-0.05, 0) is 31.0 Å². The van der Waals surface area contributed by atoms with Crippen LogP contribution in [0.4, 0.5) is 0 Å². The number of piperidine rings is 1. The van der Waals surface area contributed by atoms with Gasteiger partial charge >= 0.3 is 0 Å². The molecule has 0 amide bonds. The Morgan fingerprint density at radius 2 is 2.08 bits per heavy atom. The summed E-state index contributed by atoms with van der Waals surface area (Å²) in [6.07, 6.45) is 3.99. The predicted octanol–water partition coefficient (Wildman–Crippen LogP) is 2.85. The number of aryl methyl sites for hydroxylation is 1. The normalized spacial score (nSPS) is 18.8. The summed E-state index contributed by atoms with van der Waals surface area (Å²) in [6, 6.07) is 12.5. The van der Waals surface area contributed by atoms with Crippen molar-refractivity contribution in [3.63, 3.8) is 0 Å². The molecular formula is C18H21N5O. The van der Waals surface area contributed by atoms with Crippen molar-refractivity contribution < 1.29 is 4.52 Å². The van der Waals surface area contributed by atoms with E-state index in [2.05, 4.69) is 50.5 Å². The third kappa shape index (κ3) is 3.10. The topological polar surface area (TPSA) is 60.0 Å². The maximum absolute atomic E-state index is 5.55. The Bertz CT molecular complexity index is 795. The standard InChI is InChI=1S/C18H21N5O/c1-22-16(9-10-19-22)17-20-18(24-21-17)15-8-5-11-23(13-15)12-14-6-3-2-4-7-14/h2-4,6-7,9-10,15H,5,8,11-13H2,1H3/t15-/m0/s1. The summed E-state index contributed by atoms with van der Waals surface area (Å²) in [6.45, 7) is 3.05. The molecule has 6 nitrogen and oxygen atoms in total. The van der Waals surface area contributed by atoms with Gasteiger partial charge < -0.3 is 4.52 Å². The van der Waals surface area contributed by atoms with E-state index in [1.807, 2.05) is 13.1 Å². The molecule has 24 heavy (non-hydrogen) atoms. The van der Waals surface area contributed by atoms with Crippen LogP contribution >= 0.6 is 0 Å². The molecule has 3 aromatic rings. The Kier molecular flexibility index (Phi) is 4.13. The minimum atomic E-state index is 0.303. The zero-order valence-electron chi connectivity index (χ0n) is 13.8. The minimum Gasteiger partial charge on any atom is -0.339 e. The van der Waals surface area contributed by atoms with Crippen LogP contribution < -0.4 is 0 Å². The summed E-state index contributed by atoms with van der Waals surface area (Å²) in [7, 11) is 1.88. The molecule has 0 spiro atoms. The monoisotopic (exact) mass is 323 g/mol. The zero-order valence-corrected chi connectivity index (χ0v) is 13.8. The lowest BCUT2D eigenvalue weighted by atomic mass is 9.97. The van der Waals surface area contributed by atoms with E-state index in [-0.39, 0.29) is 0 Å². The first-order chi connectivity index (χ1) is 11.8. The Hall–Kier alpha value is -2.47. The van der Waals surface area contributed by atoms with E-state index < -0.39 is 0 Å². The van der Waals surface area contributed by atoms with E-state index in [0.29, 0.717) is 11.7 Å². The molecule has 0 N–H and O–H groups in total. The lowest BCUT2D eigenvalue weighted by Crippen LogP contribution is -2.34. The van der Waals surface area contributed by atoms with Crippen molar-refractivity contribution in [1.29, 1.82) is 0 Å².